The van der Waals surface area contributed by atoms with Crippen LogP contribution in [0.4, 0.5) is 13.2 Å². The molecular formula is C15H21F3N4O. The summed E-state index contributed by atoms with van der Waals surface area (Å²) in [6, 6.07) is -6.96. The van der Waals surface area contributed by atoms with Gasteiger partial charge in [0.1, 0.15) is 6.33 Å². The highest BCUT2D eigenvalue weighted by Gasteiger charge is 2.55. The third-order valence-corrected chi connectivity index (χ3v) is 4.43. The van der Waals surface area contributed by atoms with Crippen molar-refractivity contribution >= 4 is 6.04 Å². The molecule has 0 aromatic carbocycles. The van der Waals surface area contributed by atoms with Crippen LogP contribution in [0.15, 0.2) is 18.7 Å². The average molecular weight is 330 g/mol. The first-order valence-corrected chi connectivity index (χ1v) is 7.50. The second kappa shape index (κ2) is 6.52. The molecule has 1 aromatic rings. The van der Waals surface area contributed by atoms with Crippen LogP contribution in [0.2, 0.25) is 0 Å². The van der Waals surface area contributed by atoms with Crippen LogP contribution >= 0.6 is 0 Å². The molecule has 2 atom stereocenters. The van der Waals surface area contributed by atoms with Crippen LogP contribution in [-0.4, -0.2) is 39.0 Å². The number of carbonyl (C=O) groups excluding carboxylic acids is 1. The Balaban J connectivity index is 1.97. The molecule has 2 rings (SSSR count). The van der Waals surface area contributed by atoms with E-state index in [1.807, 2.05) is 0 Å². The van der Waals surface area contributed by atoms with Gasteiger partial charge in [-0.05, 0) is 39.0 Å². The maximum absolute atomic E-state index is 13.7. The average Bonchev–Trinajstić information content (AvgIpc) is 2.81. The van der Waals surface area contributed by atoms with Crippen LogP contribution in [0.25, 0.3) is 0 Å². The van der Waals surface area contributed by atoms with Gasteiger partial charge in [0.25, 0.3) is 0 Å². The number of likely N-dealkylation sites (tertiary alicyclic amines) is 1. The van der Waals surface area contributed by atoms with Crippen LogP contribution in [-0.2, 0) is 4.79 Å². The van der Waals surface area contributed by atoms with Crippen LogP contribution < -0.4 is 5.73 Å². The number of halogens is 3. The van der Waals surface area contributed by atoms with E-state index in [2.05, 4.69) is 9.97 Å². The molecule has 1 aliphatic rings. The zero-order valence-electron chi connectivity index (χ0n) is 13.2. The Morgan fingerprint density at radius 3 is 2.65 bits per heavy atom. The Hall–Kier alpha value is -1.54. The third kappa shape index (κ3) is 3.87. The predicted molar refractivity (Wildman–Crippen MR) is 78.1 cm³/mol. The van der Waals surface area contributed by atoms with Crippen molar-refractivity contribution in [3.63, 3.8) is 0 Å². The monoisotopic (exact) mass is 330 g/mol. The fourth-order valence-electron chi connectivity index (χ4n) is 3.26. The van der Waals surface area contributed by atoms with E-state index < -0.39 is 17.6 Å². The molecule has 0 spiro atoms. The van der Waals surface area contributed by atoms with Crippen molar-refractivity contribution in [2.75, 3.05) is 6.54 Å². The maximum atomic E-state index is 13.7. The normalized spacial score (nSPS) is 23.0. The van der Waals surface area contributed by atoms with Crippen LogP contribution in [0, 0.1) is 5.92 Å². The second-order valence-electron chi connectivity index (χ2n) is 6.66. The Bertz CT molecular complexity index is 553. The third-order valence-electron chi connectivity index (χ3n) is 4.43. The van der Waals surface area contributed by atoms with Crippen molar-refractivity contribution < 1.29 is 18.0 Å². The molecule has 1 saturated heterocycles. The quantitative estimate of drug-likeness (QED) is 0.641. The number of hydrogen-bond acceptors (Lipinski definition) is 5. The Kier molecular flexibility index (Phi) is 5.05. The zero-order valence-corrected chi connectivity index (χ0v) is 13.2. The lowest BCUT2D eigenvalue weighted by molar-refractivity contribution is -0.198. The molecule has 128 valence electrons. The molecule has 0 aliphatic carbocycles. The first kappa shape index (κ1) is 17.8. The summed E-state index contributed by atoms with van der Waals surface area (Å²) in [6.07, 6.45) is 6.29. The van der Waals surface area contributed by atoms with Gasteiger partial charge in [-0.25, -0.2) is 14.9 Å². The zero-order chi connectivity index (χ0) is 17.3. The Labute approximate surface area is 133 Å². The second-order valence-corrected chi connectivity index (χ2v) is 6.66. The molecule has 1 aliphatic heterocycles. The summed E-state index contributed by atoms with van der Waals surface area (Å²) < 4.78 is 40.2. The molecule has 8 heteroatoms. The van der Waals surface area contributed by atoms with E-state index in [-0.39, 0.29) is 18.5 Å². The van der Waals surface area contributed by atoms with Gasteiger partial charge in [0.2, 0.25) is 0 Å². The number of nitrogens with zero attached hydrogens (tertiary/aromatic N) is 3. The van der Waals surface area contributed by atoms with Gasteiger partial charge < -0.3 is 5.73 Å². The molecule has 2 heterocycles. The Morgan fingerprint density at radius 2 is 2.09 bits per heavy atom. The van der Waals surface area contributed by atoms with Crippen molar-refractivity contribution in [1.82, 2.24) is 14.9 Å². The predicted octanol–water partition coefficient (Wildman–Crippen LogP) is 2.45. The SMILES string of the molecule is CC1(C)C[C@H](CCC(N)c2cncnc2)CN1C(F)(F)C(=O)F. The summed E-state index contributed by atoms with van der Waals surface area (Å²) >= 11 is 0. The van der Waals surface area contributed by atoms with Gasteiger partial charge in [-0.2, -0.15) is 13.2 Å². The van der Waals surface area contributed by atoms with Gasteiger partial charge in [0.05, 0.1) is 0 Å². The summed E-state index contributed by atoms with van der Waals surface area (Å²) in [7, 11) is 0. The van der Waals surface area contributed by atoms with E-state index >= 15 is 0 Å². The molecule has 23 heavy (non-hydrogen) atoms. The minimum atomic E-state index is -4.08. The smallest absolute Gasteiger partial charge is 0.324 e. The van der Waals surface area contributed by atoms with Gasteiger partial charge in [-0.1, -0.05) is 0 Å². The number of hydrogen-bond donors (Lipinski definition) is 1. The van der Waals surface area contributed by atoms with Crippen molar-refractivity contribution in [2.45, 2.75) is 50.7 Å². The fourth-order valence-corrected chi connectivity index (χ4v) is 3.26. The lowest BCUT2D eigenvalue weighted by Crippen LogP contribution is -2.53. The van der Waals surface area contributed by atoms with E-state index in [4.69, 9.17) is 5.73 Å². The standard InChI is InChI=1S/C15H21F3N4O/c1-14(2)5-10(8-22(14)15(17,18)13(16)23)3-4-12(19)11-6-20-9-21-7-11/h6-7,9-10,12H,3-5,8,19H2,1-2H3/t10-,12?/m0/s1. The highest BCUT2D eigenvalue weighted by molar-refractivity contribution is 5.75. The minimum Gasteiger partial charge on any atom is -0.324 e. The number of aromatic nitrogens is 2. The van der Waals surface area contributed by atoms with Crippen molar-refractivity contribution in [3.8, 4) is 0 Å². The molecule has 2 N–H and O–H groups in total. The van der Waals surface area contributed by atoms with Crippen molar-refractivity contribution in [2.24, 2.45) is 11.7 Å². The molecule has 0 amide bonds. The van der Waals surface area contributed by atoms with E-state index in [9.17, 15) is 18.0 Å². The molecule has 5 nitrogen and oxygen atoms in total. The van der Waals surface area contributed by atoms with E-state index in [1.54, 1.807) is 26.2 Å². The van der Waals surface area contributed by atoms with Gasteiger partial charge in [-0.3, -0.25) is 4.79 Å². The van der Waals surface area contributed by atoms with Crippen LogP contribution in [0.3, 0.4) is 0 Å². The van der Waals surface area contributed by atoms with E-state index in [0.29, 0.717) is 24.2 Å². The molecule has 1 aromatic heterocycles. The number of carbonyl (C=O) groups is 1. The van der Waals surface area contributed by atoms with Gasteiger partial charge in [0, 0.05) is 36.1 Å². The maximum Gasteiger partial charge on any atom is 0.395 e. The summed E-state index contributed by atoms with van der Waals surface area (Å²) in [6.45, 7) is 3.15. The lowest BCUT2D eigenvalue weighted by Gasteiger charge is -2.34. The molecule has 0 bridgehead atoms. The summed E-state index contributed by atoms with van der Waals surface area (Å²) in [5, 5.41) is 0. The summed E-state index contributed by atoms with van der Waals surface area (Å²) in [5.74, 6) is -0.0779. The van der Waals surface area contributed by atoms with Gasteiger partial charge >= 0.3 is 12.1 Å². The Morgan fingerprint density at radius 1 is 1.48 bits per heavy atom. The number of rotatable bonds is 6. The first-order valence-electron chi connectivity index (χ1n) is 7.50. The van der Waals surface area contributed by atoms with Crippen molar-refractivity contribution in [1.29, 1.82) is 0 Å². The highest BCUT2D eigenvalue weighted by Crippen LogP contribution is 2.42. The first-order chi connectivity index (χ1) is 10.6. The molecule has 0 radical (unpaired) electrons. The van der Waals surface area contributed by atoms with Crippen LogP contribution in [0.5, 0.6) is 0 Å². The summed E-state index contributed by atoms with van der Waals surface area (Å²) in [4.78, 5) is 19.1. The molecule has 1 unspecified atom stereocenters. The largest absolute Gasteiger partial charge is 0.395 e. The highest BCUT2D eigenvalue weighted by atomic mass is 19.3. The molecule has 0 saturated carbocycles. The summed E-state index contributed by atoms with van der Waals surface area (Å²) in [5.41, 5.74) is 5.89. The van der Waals surface area contributed by atoms with Crippen molar-refractivity contribution in [3.05, 3.63) is 24.3 Å². The van der Waals surface area contributed by atoms with E-state index in [0.717, 1.165) is 5.56 Å². The van der Waals surface area contributed by atoms with Gasteiger partial charge in [0.15, 0.2) is 0 Å². The number of alkyl halides is 2. The lowest BCUT2D eigenvalue weighted by atomic mass is 9.91. The van der Waals surface area contributed by atoms with E-state index in [1.165, 1.54) is 6.33 Å². The molecule has 1 fully saturated rings. The van der Waals surface area contributed by atoms with Crippen LogP contribution in [0.1, 0.15) is 44.7 Å². The van der Waals surface area contributed by atoms with Gasteiger partial charge in [-0.15, -0.1) is 0 Å². The molecular weight excluding hydrogens is 309 g/mol. The fraction of sp³-hybridized carbons (Fsp3) is 0.667. The minimum absolute atomic E-state index is 0.0341. The number of nitrogens with two attached hydrogens (primary N) is 1. The topological polar surface area (TPSA) is 72.1 Å².